The van der Waals surface area contributed by atoms with Gasteiger partial charge in [0.05, 0.1) is 4.88 Å². The lowest BCUT2D eigenvalue weighted by atomic mass is 9.90. The van der Waals surface area contributed by atoms with Crippen LogP contribution in [0.1, 0.15) is 22.5 Å². The Balaban J connectivity index is 2.14. The average molecular weight is 334 g/mol. The maximum atomic E-state index is 12.0. The summed E-state index contributed by atoms with van der Waals surface area (Å²) in [4.78, 5) is 23.9. The Morgan fingerprint density at radius 2 is 2.11 bits per heavy atom. The molecule has 1 aromatic rings. The molecule has 7 heteroatoms. The van der Waals surface area contributed by atoms with Gasteiger partial charge < -0.3 is 15.2 Å². The summed E-state index contributed by atoms with van der Waals surface area (Å²) in [6.07, 6.45) is 0.585. The van der Waals surface area contributed by atoms with Gasteiger partial charge >= 0.3 is 5.97 Å². The molecule has 2 N–H and O–H groups in total. The van der Waals surface area contributed by atoms with Crippen molar-refractivity contribution in [2.24, 2.45) is 0 Å². The minimum Gasteiger partial charge on any atom is -0.480 e. The van der Waals surface area contributed by atoms with E-state index in [2.05, 4.69) is 21.2 Å². The standard InChI is InChI=1S/C11H12BrNO4S/c12-7-5-8(18-6-7)9(14)13-11(10(15)16)1-3-17-4-2-11/h5-6H,1-4H2,(H,13,14)(H,15,16). The summed E-state index contributed by atoms with van der Waals surface area (Å²) in [6.45, 7) is 0.696. The van der Waals surface area contributed by atoms with Crippen LogP contribution in [0.25, 0.3) is 0 Å². The van der Waals surface area contributed by atoms with E-state index in [4.69, 9.17) is 4.74 Å². The number of amides is 1. The van der Waals surface area contributed by atoms with Gasteiger partial charge in [0.1, 0.15) is 5.54 Å². The lowest BCUT2D eigenvalue weighted by Crippen LogP contribution is -2.57. The zero-order valence-corrected chi connectivity index (χ0v) is 11.8. The van der Waals surface area contributed by atoms with E-state index in [0.717, 1.165) is 4.47 Å². The molecule has 5 nitrogen and oxygen atoms in total. The number of rotatable bonds is 3. The van der Waals surface area contributed by atoms with Crippen LogP contribution in [0.2, 0.25) is 0 Å². The van der Waals surface area contributed by atoms with Gasteiger partial charge in [-0.25, -0.2) is 4.79 Å². The Labute approximate surface area is 116 Å². The largest absolute Gasteiger partial charge is 0.480 e. The summed E-state index contributed by atoms with van der Waals surface area (Å²) in [5.41, 5.74) is -1.20. The highest BCUT2D eigenvalue weighted by Crippen LogP contribution is 2.24. The first kappa shape index (κ1) is 13.5. The van der Waals surface area contributed by atoms with Crippen LogP contribution in [0, 0.1) is 0 Å². The van der Waals surface area contributed by atoms with E-state index in [1.54, 1.807) is 11.4 Å². The maximum absolute atomic E-state index is 12.0. The molecule has 0 saturated carbocycles. The number of carbonyl (C=O) groups excluding carboxylic acids is 1. The second-order valence-corrected chi connectivity index (χ2v) is 5.91. The monoisotopic (exact) mass is 333 g/mol. The third-order valence-corrected chi connectivity index (χ3v) is 4.59. The van der Waals surface area contributed by atoms with Crippen LogP contribution in [-0.4, -0.2) is 35.7 Å². The van der Waals surface area contributed by atoms with Crippen molar-refractivity contribution < 1.29 is 19.4 Å². The maximum Gasteiger partial charge on any atom is 0.329 e. The number of halogens is 1. The first-order valence-corrected chi connectivity index (χ1v) is 7.08. The Morgan fingerprint density at radius 1 is 1.44 bits per heavy atom. The van der Waals surface area contributed by atoms with Gasteiger partial charge in [-0.1, -0.05) is 0 Å². The molecule has 1 aliphatic rings. The van der Waals surface area contributed by atoms with Crippen molar-refractivity contribution in [1.29, 1.82) is 0 Å². The molecule has 98 valence electrons. The smallest absolute Gasteiger partial charge is 0.329 e. The number of thiophene rings is 1. The summed E-state index contributed by atoms with van der Waals surface area (Å²) < 4.78 is 5.96. The summed E-state index contributed by atoms with van der Waals surface area (Å²) in [6, 6.07) is 1.68. The van der Waals surface area contributed by atoms with E-state index in [-0.39, 0.29) is 5.91 Å². The number of hydrogen-bond donors (Lipinski definition) is 2. The molecule has 0 atom stereocenters. The van der Waals surface area contributed by atoms with Crippen LogP contribution in [-0.2, 0) is 9.53 Å². The Morgan fingerprint density at radius 3 is 2.61 bits per heavy atom. The van der Waals surface area contributed by atoms with Crippen molar-refractivity contribution in [1.82, 2.24) is 5.32 Å². The Hall–Kier alpha value is -0.920. The predicted octanol–water partition coefficient (Wildman–Crippen LogP) is 1.87. The van der Waals surface area contributed by atoms with Crippen LogP contribution < -0.4 is 5.32 Å². The first-order valence-electron chi connectivity index (χ1n) is 5.41. The van der Waals surface area contributed by atoms with E-state index in [1.807, 2.05) is 0 Å². The molecule has 0 aromatic carbocycles. The van der Waals surface area contributed by atoms with Crippen LogP contribution in [0.15, 0.2) is 15.9 Å². The summed E-state index contributed by atoms with van der Waals surface area (Å²) >= 11 is 4.54. The second-order valence-electron chi connectivity index (χ2n) is 4.08. The Bertz CT molecular complexity index is 467. The molecule has 0 aliphatic carbocycles. The molecule has 1 aromatic heterocycles. The molecular weight excluding hydrogens is 322 g/mol. The van der Waals surface area contributed by atoms with Gasteiger partial charge in [-0.15, -0.1) is 11.3 Å². The Kier molecular flexibility index (Phi) is 4.04. The summed E-state index contributed by atoms with van der Waals surface area (Å²) in [7, 11) is 0. The number of carboxylic acid groups (broad SMARTS) is 1. The van der Waals surface area contributed by atoms with E-state index >= 15 is 0 Å². The van der Waals surface area contributed by atoms with E-state index in [1.165, 1.54) is 11.3 Å². The highest BCUT2D eigenvalue weighted by Gasteiger charge is 2.41. The van der Waals surface area contributed by atoms with Crippen LogP contribution in [0.4, 0.5) is 0 Å². The first-order chi connectivity index (χ1) is 8.53. The molecule has 0 unspecified atom stereocenters. The second kappa shape index (κ2) is 5.38. The molecular formula is C11H12BrNO4S. The number of carboxylic acids is 1. The number of hydrogen-bond acceptors (Lipinski definition) is 4. The molecule has 1 aliphatic heterocycles. The fraction of sp³-hybridized carbons (Fsp3) is 0.455. The van der Waals surface area contributed by atoms with Crippen molar-refractivity contribution in [2.75, 3.05) is 13.2 Å². The number of carbonyl (C=O) groups is 2. The average Bonchev–Trinajstić information content (AvgIpc) is 2.77. The van der Waals surface area contributed by atoms with Crippen LogP contribution in [0.3, 0.4) is 0 Å². The summed E-state index contributed by atoms with van der Waals surface area (Å²) in [5.74, 6) is -1.36. The molecule has 2 rings (SSSR count). The van der Waals surface area contributed by atoms with Crippen molar-refractivity contribution in [2.45, 2.75) is 18.4 Å². The summed E-state index contributed by atoms with van der Waals surface area (Å²) in [5, 5.41) is 13.7. The fourth-order valence-electron chi connectivity index (χ4n) is 1.82. The van der Waals surface area contributed by atoms with Gasteiger partial charge in [0.15, 0.2) is 0 Å². The molecule has 0 spiro atoms. The van der Waals surface area contributed by atoms with E-state index < -0.39 is 11.5 Å². The number of ether oxygens (including phenoxy) is 1. The SMILES string of the molecule is O=C(NC1(C(=O)O)CCOCC1)c1cc(Br)cs1. The lowest BCUT2D eigenvalue weighted by Gasteiger charge is -2.33. The van der Waals surface area contributed by atoms with Gasteiger partial charge in [-0.05, 0) is 22.0 Å². The van der Waals surface area contributed by atoms with Crippen molar-refractivity contribution >= 4 is 39.1 Å². The van der Waals surface area contributed by atoms with Crippen molar-refractivity contribution in [3.8, 4) is 0 Å². The molecule has 1 saturated heterocycles. The predicted molar refractivity (Wildman–Crippen MR) is 69.9 cm³/mol. The van der Waals surface area contributed by atoms with Gasteiger partial charge in [0, 0.05) is 35.9 Å². The van der Waals surface area contributed by atoms with Crippen LogP contribution in [0.5, 0.6) is 0 Å². The normalized spacial score (nSPS) is 18.3. The minimum absolute atomic E-state index is 0.292. The molecule has 0 radical (unpaired) electrons. The van der Waals surface area contributed by atoms with Crippen molar-refractivity contribution in [3.05, 3.63) is 20.8 Å². The highest BCUT2D eigenvalue weighted by molar-refractivity contribution is 9.10. The quantitative estimate of drug-likeness (QED) is 0.885. The van der Waals surface area contributed by atoms with E-state index in [9.17, 15) is 14.7 Å². The van der Waals surface area contributed by atoms with E-state index in [0.29, 0.717) is 30.9 Å². The van der Waals surface area contributed by atoms with Crippen LogP contribution >= 0.6 is 27.3 Å². The van der Waals surface area contributed by atoms with Gasteiger partial charge in [0.25, 0.3) is 5.91 Å². The zero-order valence-electron chi connectivity index (χ0n) is 9.44. The van der Waals surface area contributed by atoms with Gasteiger partial charge in [-0.3, -0.25) is 4.79 Å². The molecule has 1 fully saturated rings. The molecule has 1 amide bonds. The highest BCUT2D eigenvalue weighted by atomic mass is 79.9. The molecule has 2 heterocycles. The fourth-order valence-corrected chi connectivity index (χ4v) is 3.14. The number of aliphatic carboxylic acids is 1. The molecule has 0 bridgehead atoms. The van der Waals surface area contributed by atoms with Crippen molar-refractivity contribution in [3.63, 3.8) is 0 Å². The number of nitrogens with one attached hydrogen (secondary N) is 1. The lowest BCUT2D eigenvalue weighted by molar-refractivity contribution is -0.148. The zero-order chi connectivity index (χ0) is 13.2. The third kappa shape index (κ3) is 2.73. The molecule has 18 heavy (non-hydrogen) atoms. The topological polar surface area (TPSA) is 75.6 Å². The van der Waals surface area contributed by atoms with Gasteiger partial charge in [-0.2, -0.15) is 0 Å². The van der Waals surface area contributed by atoms with Gasteiger partial charge in [0.2, 0.25) is 0 Å². The third-order valence-electron chi connectivity index (χ3n) is 2.90. The minimum atomic E-state index is -1.20.